The van der Waals surface area contributed by atoms with Gasteiger partial charge in [-0.2, -0.15) is 4.80 Å². The van der Waals surface area contributed by atoms with Gasteiger partial charge in [-0.05, 0) is 148 Å². The molecule has 13 rings (SSSR count). The Morgan fingerprint density at radius 3 is 1.58 bits per heavy atom. The summed E-state index contributed by atoms with van der Waals surface area (Å²) in [5.74, 6) is -5.67. The second-order valence-corrected chi connectivity index (χ2v) is 24.8. The van der Waals surface area contributed by atoms with Crippen molar-refractivity contribution in [1.82, 2.24) is 79.8 Å². The molecule has 4 N–H and O–H groups in total. The molecule has 0 amide bonds. The highest BCUT2D eigenvalue weighted by Crippen LogP contribution is 2.36. The molecular formula is C67H58F6N16O9S3. The number of rotatable bonds is 22. The molecule has 0 atom stereocenters. The van der Waals surface area contributed by atoms with E-state index < -0.39 is 78.7 Å². The van der Waals surface area contributed by atoms with E-state index >= 15 is 0 Å². The molecule has 0 spiro atoms. The molecule has 0 radical (unpaired) electrons. The molecule has 1 aliphatic heterocycles. The topological polar surface area (TPSA) is 327 Å². The monoisotopic (exact) mass is 1440 g/mol. The normalized spacial score (nSPS) is 12.0. The lowest BCUT2D eigenvalue weighted by molar-refractivity contribution is 0.0897. The van der Waals surface area contributed by atoms with E-state index in [0.717, 1.165) is 100 Å². The number of hydrogen-bond donors (Lipinski definition) is 4. The van der Waals surface area contributed by atoms with Crippen molar-refractivity contribution in [1.29, 1.82) is 0 Å². The largest absolute Gasteiger partial charge is 0.461 e. The standard InChI is InChI=1S/C23H24F2N4O2S.C15H11F2N3O2S2.C15H13N5O2.C14H10F2N4O3/c1-28-22(16-7-5-15(6-8-16)13-29-9-3-2-4-10-29)26-27-23(28)32-21-18(24)11-17(12-19(21)25)20(31)14-30;1-20-14(12-3-2-4-23-12)18-19-15(20)24-13-9(16)5-8(6-10(13)17)11(22)7-21;21-10-14(22)12-6-4-11(5-7-12)9-20-15(17-18-19-20)13-3-1-2-8-16-13;15-10-4-8(12(22)7-21)5-11(16)9(10)6-20-18-14(17-19-20)13-2-1-3-23-13/h5-8,11-12,30H,2-4,9-10,13-14H2,1H3;2-6,21H,7H2,1H3;1-8,21H,9-10H2;1-5,21H,6-7H2. The average Bonchev–Trinajstić information content (AvgIpc) is 1.32. The van der Waals surface area contributed by atoms with Crippen LogP contribution in [0.25, 0.3) is 45.2 Å². The van der Waals surface area contributed by atoms with Gasteiger partial charge in [0.05, 0.1) is 34.0 Å². The molecule has 8 heterocycles. The number of benzene rings is 5. The number of Topliss-reactive ketones (excluding diaryl/α,β-unsaturated/α-hetero) is 4. The minimum atomic E-state index is -0.932. The first-order valence-corrected chi connectivity index (χ1v) is 32.9. The Morgan fingerprint density at radius 2 is 1.06 bits per heavy atom. The number of carbonyl (C=O) groups excluding carboxylic acids is 4. The van der Waals surface area contributed by atoms with Crippen LogP contribution in [-0.4, -0.2) is 163 Å². The molecule has 5 aromatic carbocycles. The number of thiophene rings is 1. The third kappa shape index (κ3) is 18.5. The van der Waals surface area contributed by atoms with Gasteiger partial charge >= 0.3 is 0 Å². The number of tetrazole rings is 2. The number of aliphatic hydroxyl groups is 4. The predicted molar refractivity (Wildman–Crippen MR) is 354 cm³/mol. The average molecular weight is 1440 g/mol. The van der Waals surface area contributed by atoms with E-state index in [0.29, 0.717) is 51.3 Å². The Hall–Kier alpha value is -10.6. The van der Waals surface area contributed by atoms with Crippen LogP contribution in [0.4, 0.5) is 26.3 Å². The first-order valence-electron chi connectivity index (χ1n) is 30.4. The van der Waals surface area contributed by atoms with Gasteiger partial charge < -0.3 is 34.0 Å². The number of hydrogen-bond acceptors (Lipinski definition) is 24. The van der Waals surface area contributed by atoms with Crippen LogP contribution >= 0.6 is 34.9 Å². The zero-order valence-electron chi connectivity index (χ0n) is 53.3. The van der Waals surface area contributed by atoms with Crippen molar-refractivity contribution in [3.63, 3.8) is 0 Å². The van der Waals surface area contributed by atoms with Gasteiger partial charge in [0, 0.05) is 60.2 Å². The third-order valence-electron chi connectivity index (χ3n) is 15.1. The van der Waals surface area contributed by atoms with Crippen LogP contribution in [0.1, 0.15) is 77.4 Å². The number of aliphatic hydroxyl groups excluding tert-OH is 4. The molecule has 1 aliphatic rings. The van der Waals surface area contributed by atoms with E-state index in [1.165, 1.54) is 42.4 Å². The summed E-state index contributed by atoms with van der Waals surface area (Å²) in [5.41, 5.74) is 3.22. The van der Waals surface area contributed by atoms with Crippen molar-refractivity contribution in [2.75, 3.05) is 39.5 Å². The second-order valence-electron chi connectivity index (χ2n) is 21.9. The molecule has 0 unspecified atom stereocenters. The fourth-order valence-electron chi connectivity index (χ4n) is 9.83. The number of likely N-dealkylation sites (tertiary alicyclic amines) is 1. The Labute approximate surface area is 582 Å². The van der Waals surface area contributed by atoms with Gasteiger partial charge in [0.1, 0.15) is 67.0 Å². The highest BCUT2D eigenvalue weighted by Gasteiger charge is 2.24. The summed E-state index contributed by atoms with van der Waals surface area (Å²) in [4.78, 5) is 53.6. The molecule has 25 nitrogen and oxygen atoms in total. The number of ketones is 4. The minimum Gasteiger partial charge on any atom is -0.461 e. The van der Waals surface area contributed by atoms with Gasteiger partial charge in [-0.25, -0.2) is 31.0 Å². The Bertz CT molecular complexity index is 4760. The number of aromatic nitrogens is 15. The number of piperidine rings is 1. The lowest BCUT2D eigenvalue weighted by atomic mass is 10.1. The molecular weight excluding hydrogens is 1380 g/mol. The lowest BCUT2D eigenvalue weighted by Gasteiger charge is -2.26. The summed E-state index contributed by atoms with van der Waals surface area (Å²) in [7, 11) is 3.44. The smallest absolute Gasteiger partial charge is 0.240 e. The maximum absolute atomic E-state index is 14.4. The molecule has 7 aromatic heterocycles. The SMILES string of the molecule is Cn1c(Sc2c(F)cc(C(=O)CO)cc2F)nnc1-c1ccc(CN2CCCCC2)cc1.Cn1c(Sc2c(F)cc(C(=O)CO)cc2F)nnc1-c1cccs1.O=C(CO)c1cc(F)c(Cn2nnc(-c3ccco3)n2)c(F)c1.O=C(CO)c1ccc(Cn2nnnc2-c2ccccn2)cc1. The molecule has 0 saturated carbocycles. The van der Waals surface area contributed by atoms with Crippen LogP contribution in [0.15, 0.2) is 170 Å². The fourth-order valence-corrected chi connectivity index (χ4v) is 12.2. The lowest BCUT2D eigenvalue weighted by Crippen LogP contribution is -2.29. The zero-order chi connectivity index (χ0) is 71.7. The van der Waals surface area contributed by atoms with Gasteiger partial charge in [0.2, 0.25) is 11.6 Å². The molecule has 0 bridgehead atoms. The Kier molecular flexibility index (Phi) is 25.0. The van der Waals surface area contributed by atoms with Gasteiger partial charge in [0.15, 0.2) is 50.9 Å². The van der Waals surface area contributed by atoms with Crippen molar-refractivity contribution < 1.29 is 70.4 Å². The van der Waals surface area contributed by atoms with Crippen LogP contribution in [0.3, 0.4) is 0 Å². The van der Waals surface area contributed by atoms with Gasteiger partial charge in [-0.15, -0.1) is 47.0 Å². The number of furan rings is 1. The first kappa shape index (κ1) is 73.1. The Morgan fingerprint density at radius 1 is 0.525 bits per heavy atom. The van der Waals surface area contributed by atoms with Crippen molar-refractivity contribution in [2.45, 2.75) is 59.0 Å². The van der Waals surface area contributed by atoms with Crippen LogP contribution in [0, 0.1) is 34.9 Å². The highest BCUT2D eigenvalue weighted by molar-refractivity contribution is 7.99. The molecule has 34 heteroatoms. The molecule has 1 fully saturated rings. The van der Waals surface area contributed by atoms with Crippen LogP contribution < -0.4 is 0 Å². The summed E-state index contributed by atoms with van der Waals surface area (Å²) in [6.07, 6.45) is 6.93. The van der Waals surface area contributed by atoms with Crippen molar-refractivity contribution in [2.24, 2.45) is 14.1 Å². The summed E-state index contributed by atoms with van der Waals surface area (Å²) in [5, 5.41) is 77.1. The number of nitrogens with zero attached hydrogens (tertiary/aromatic N) is 16. The van der Waals surface area contributed by atoms with E-state index in [4.69, 9.17) is 24.8 Å². The molecule has 1 saturated heterocycles. The Balaban J connectivity index is 0.000000147. The first-order chi connectivity index (χ1) is 48.8. The quantitative estimate of drug-likeness (QED) is 0.0362. The van der Waals surface area contributed by atoms with Gasteiger partial charge in [0.25, 0.3) is 0 Å². The summed E-state index contributed by atoms with van der Waals surface area (Å²) >= 11 is 3.06. The highest BCUT2D eigenvalue weighted by atomic mass is 32.2. The van der Waals surface area contributed by atoms with Crippen molar-refractivity contribution in [3.8, 4) is 45.2 Å². The molecule has 0 aliphatic carbocycles. The fraction of sp³-hybridized carbons (Fsp3) is 0.209. The summed E-state index contributed by atoms with van der Waals surface area (Å²) in [6, 6.07) is 33.0. The van der Waals surface area contributed by atoms with E-state index in [2.05, 4.69) is 73.3 Å². The number of halogens is 6. The zero-order valence-corrected chi connectivity index (χ0v) is 55.8. The van der Waals surface area contributed by atoms with Crippen molar-refractivity contribution in [3.05, 3.63) is 219 Å². The van der Waals surface area contributed by atoms with E-state index in [-0.39, 0.29) is 50.2 Å². The van der Waals surface area contributed by atoms with E-state index in [1.54, 1.807) is 58.4 Å². The van der Waals surface area contributed by atoms with Crippen molar-refractivity contribution >= 4 is 58.0 Å². The molecule has 12 aromatic rings. The van der Waals surface area contributed by atoms with Crippen LogP contribution in [-0.2, 0) is 33.7 Å². The maximum atomic E-state index is 14.4. The number of pyridine rings is 1. The summed E-state index contributed by atoms with van der Waals surface area (Å²) in [6.45, 7) is 0.417. The third-order valence-corrected chi connectivity index (χ3v) is 18.2. The van der Waals surface area contributed by atoms with Gasteiger partial charge in [-0.1, -0.05) is 67.1 Å². The molecule has 520 valence electrons. The summed E-state index contributed by atoms with van der Waals surface area (Å²) < 4.78 is 95.2. The predicted octanol–water partition coefficient (Wildman–Crippen LogP) is 9.61. The van der Waals surface area contributed by atoms with Gasteiger partial charge in [-0.3, -0.25) is 29.1 Å². The van der Waals surface area contributed by atoms with E-state index in [1.807, 2.05) is 60.0 Å². The number of carbonyl (C=O) groups is 4. The second kappa shape index (κ2) is 34.5. The molecule has 101 heavy (non-hydrogen) atoms. The maximum Gasteiger partial charge on any atom is 0.240 e. The van der Waals surface area contributed by atoms with Crippen LogP contribution in [0.2, 0.25) is 0 Å². The van der Waals surface area contributed by atoms with E-state index in [9.17, 15) is 45.5 Å². The minimum absolute atomic E-state index is 0.183. The van der Waals surface area contributed by atoms with Crippen LogP contribution in [0.5, 0.6) is 0 Å².